The highest BCUT2D eigenvalue weighted by molar-refractivity contribution is 6.35. The molecule has 1 N–H and O–H groups in total. The SMILES string of the molecule is N#CCCNC(=O)c1cccc(-c2ccc3ncn(Cc4ccc(Cl)cc4Cl)c3n2)c1. The highest BCUT2D eigenvalue weighted by atomic mass is 35.5. The van der Waals surface area contributed by atoms with Crippen molar-refractivity contribution in [3.63, 3.8) is 0 Å². The van der Waals surface area contributed by atoms with Crippen molar-refractivity contribution in [2.45, 2.75) is 13.0 Å². The predicted molar refractivity (Wildman–Crippen MR) is 121 cm³/mol. The maximum absolute atomic E-state index is 12.3. The molecule has 0 aliphatic carbocycles. The lowest BCUT2D eigenvalue weighted by molar-refractivity contribution is 0.0954. The van der Waals surface area contributed by atoms with Crippen LogP contribution in [0.15, 0.2) is 60.9 Å². The second-order valence-electron chi connectivity index (χ2n) is 6.89. The summed E-state index contributed by atoms with van der Waals surface area (Å²) in [5.74, 6) is -0.222. The normalized spacial score (nSPS) is 10.7. The quantitative estimate of drug-likeness (QED) is 0.415. The van der Waals surface area contributed by atoms with Crippen molar-refractivity contribution in [3.8, 4) is 17.3 Å². The standard InChI is InChI=1S/C23H17Cl2N5O/c24-18-6-5-17(19(25)12-18)13-30-14-28-21-8-7-20(29-22(21)30)15-3-1-4-16(11-15)23(31)27-10-2-9-26/h1,3-8,11-12,14H,2,10,13H2,(H,27,31). The molecule has 0 atom stereocenters. The lowest BCUT2D eigenvalue weighted by atomic mass is 10.1. The number of carbonyl (C=O) groups excluding carboxylic acids is 1. The highest BCUT2D eigenvalue weighted by Gasteiger charge is 2.11. The van der Waals surface area contributed by atoms with Crippen LogP contribution in [-0.2, 0) is 6.54 Å². The van der Waals surface area contributed by atoms with Gasteiger partial charge < -0.3 is 9.88 Å². The number of nitriles is 1. The second kappa shape index (κ2) is 9.17. The van der Waals surface area contributed by atoms with Gasteiger partial charge in [0.25, 0.3) is 5.91 Å². The second-order valence-corrected chi connectivity index (χ2v) is 7.74. The van der Waals surface area contributed by atoms with Crippen LogP contribution in [0.2, 0.25) is 10.0 Å². The Morgan fingerprint density at radius 3 is 2.81 bits per heavy atom. The largest absolute Gasteiger partial charge is 0.351 e. The number of nitrogens with zero attached hydrogens (tertiary/aromatic N) is 4. The smallest absolute Gasteiger partial charge is 0.251 e. The average Bonchev–Trinajstić information content (AvgIpc) is 3.18. The number of aromatic nitrogens is 3. The van der Waals surface area contributed by atoms with E-state index in [1.165, 1.54) is 0 Å². The molecular formula is C23H17Cl2N5O. The molecule has 2 heterocycles. The van der Waals surface area contributed by atoms with E-state index in [0.717, 1.165) is 22.3 Å². The van der Waals surface area contributed by atoms with E-state index in [1.54, 1.807) is 30.6 Å². The van der Waals surface area contributed by atoms with Gasteiger partial charge in [-0.3, -0.25) is 4.79 Å². The summed E-state index contributed by atoms with van der Waals surface area (Å²) in [6.07, 6.45) is 2.00. The molecule has 0 aliphatic heterocycles. The van der Waals surface area contributed by atoms with Crippen molar-refractivity contribution < 1.29 is 4.79 Å². The first-order valence-electron chi connectivity index (χ1n) is 9.56. The Morgan fingerprint density at radius 1 is 1.13 bits per heavy atom. The molecular weight excluding hydrogens is 433 g/mol. The van der Waals surface area contributed by atoms with Crippen LogP contribution in [0.5, 0.6) is 0 Å². The molecule has 0 spiro atoms. The molecule has 4 rings (SSSR count). The van der Waals surface area contributed by atoms with Gasteiger partial charge in [-0.05, 0) is 42.0 Å². The Bertz CT molecular complexity index is 1310. The molecule has 0 saturated carbocycles. The van der Waals surface area contributed by atoms with Crippen LogP contribution < -0.4 is 5.32 Å². The summed E-state index contributed by atoms with van der Waals surface area (Å²) < 4.78 is 1.92. The van der Waals surface area contributed by atoms with Gasteiger partial charge in [0.15, 0.2) is 5.65 Å². The van der Waals surface area contributed by atoms with Gasteiger partial charge in [0, 0.05) is 27.7 Å². The molecule has 0 fully saturated rings. The third kappa shape index (κ3) is 4.69. The van der Waals surface area contributed by atoms with Gasteiger partial charge in [0.2, 0.25) is 0 Å². The first-order chi connectivity index (χ1) is 15.0. The Labute approximate surface area is 189 Å². The number of halogens is 2. The number of hydrogen-bond donors (Lipinski definition) is 1. The van der Waals surface area contributed by atoms with Crippen LogP contribution in [0.4, 0.5) is 0 Å². The number of nitrogens with one attached hydrogen (secondary N) is 1. The first-order valence-corrected chi connectivity index (χ1v) is 10.3. The van der Waals surface area contributed by atoms with Crippen LogP contribution in [-0.4, -0.2) is 27.0 Å². The lowest BCUT2D eigenvalue weighted by Crippen LogP contribution is -2.24. The number of amides is 1. The Kier molecular flexibility index (Phi) is 6.17. The van der Waals surface area contributed by atoms with E-state index in [2.05, 4.69) is 10.3 Å². The molecule has 2 aromatic carbocycles. The van der Waals surface area contributed by atoms with Crippen LogP contribution >= 0.6 is 23.2 Å². The van der Waals surface area contributed by atoms with E-state index < -0.39 is 0 Å². The molecule has 0 radical (unpaired) electrons. The van der Waals surface area contributed by atoms with Gasteiger partial charge in [0.05, 0.1) is 31.1 Å². The number of benzene rings is 2. The number of hydrogen-bond acceptors (Lipinski definition) is 4. The molecule has 2 aromatic heterocycles. The van der Waals surface area contributed by atoms with Crippen LogP contribution in [0.3, 0.4) is 0 Å². The number of rotatable bonds is 6. The topological polar surface area (TPSA) is 83.6 Å². The van der Waals surface area contributed by atoms with E-state index in [-0.39, 0.29) is 12.3 Å². The molecule has 31 heavy (non-hydrogen) atoms. The minimum absolute atomic E-state index is 0.222. The molecule has 0 saturated heterocycles. The van der Waals surface area contributed by atoms with E-state index in [4.69, 9.17) is 33.4 Å². The Balaban J connectivity index is 1.64. The summed E-state index contributed by atoms with van der Waals surface area (Å²) in [5, 5.41) is 12.5. The fourth-order valence-corrected chi connectivity index (χ4v) is 3.67. The third-order valence-corrected chi connectivity index (χ3v) is 5.35. The number of pyridine rings is 1. The predicted octanol–water partition coefficient (Wildman–Crippen LogP) is 5.10. The van der Waals surface area contributed by atoms with Gasteiger partial charge in [-0.2, -0.15) is 5.26 Å². The van der Waals surface area contributed by atoms with Crippen molar-refractivity contribution in [1.29, 1.82) is 5.26 Å². The van der Waals surface area contributed by atoms with Crippen LogP contribution in [0, 0.1) is 11.3 Å². The summed E-state index contributed by atoms with van der Waals surface area (Å²) in [6.45, 7) is 0.820. The fraction of sp³-hybridized carbons (Fsp3) is 0.130. The van der Waals surface area contributed by atoms with Crippen LogP contribution in [0.1, 0.15) is 22.3 Å². The van der Waals surface area contributed by atoms with Crippen molar-refractivity contribution in [1.82, 2.24) is 19.9 Å². The van der Waals surface area contributed by atoms with Crippen molar-refractivity contribution in [2.75, 3.05) is 6.54 Å². The van der Waals surface area contributed by atoms with Gasteiger partial charge in [-0.1, -0.05) is 41.4 Å². The van der Waals surface area contributed by atoms with Gasteiger partial charge in [-0.15, -0.1) is 0 Å². The highest BCUT2D eigenvalue weighted by Crippen LogP contribution is 2.25. The summed E-state index contributed by atoms with van der Waals surface area (Å²) >= 11 is 12.3. The molecule has 0 unspecified atom stereocenters. The van der Waals surface area contributed by atoms with E-state index in [1.807, 2.05) is 41.0 Å². The number of carbonyl (C=O) groups is 1. The van der Waals surface area contributed by atoms with Gasteiger partial charge >= 0.3 is 0 Å². The van der Waals surface area contributed by atoms with E-state index in [9.17, 15) is 4.79 Å². The maximum atomic E-state index is 12.3. The minimum Gasteiger partial charge on any atom is -0.351 e. The Morgan fingerprint density at radius 2 is 2.00 bits per heavy atom. The number of imidazole rings is 1. The molecule has 0 aliphatic rings. The molecule has 1 amide bonds. The van der Waals surface area contributed by atoms with Gasteiger partial charge in [0.1, 0.15) is 5.52 Å². The van der Waals surface area contributed by atoms with E-state index >= 15 is 0 Å². The molecule has 0 bridgehead atoms. The third-order valence-electron chi connectivity index (χ3n) is 4.76. The molecule has 154 valence electrons. The minimum atomic E-state index is -0.222. The first kappa shape index (κ1) is 20.9. The van der Waals surface area contributed by atoms with E-state index in [0.29, 0.717) is 34.3 Å². The zero-order valence-corrected chi connectivity index (χ0v) is 17.9. The summed E-state index contributed by atoms with van der Waals surface area (Å²) in [5.41, 5.74) is 4.44. The number of fused-ring (bicyclic) bond motifs is 1. The van der Waals surface area contributed by atoms with Gasteiger partial charge in [-0.25, -0.2) is 9.97 Å². The average molecular weight is 450 g/mol. The monoisotopic (exact) mass is 449 g/mol. The zero-order valence-electron chi connectivity index (χ0n) is 16.3. The van der Waals surface area contributed by atoms with Crippen molar-refractivity contribution >= 4 is 40.3 Å². The summed E-state index contributed by atoms with van der Waals surface area (Å²) in [4.78, 5) is 21.5. The lowest BCUT2D eigenvalue weighted by Gasteiger charge is -2.08. The zero-order chi connectivity index (χ0) is 21.8. The Hall–Kier alpha value is -3.40. The fourth-order valence-electron chi connectivity index (χ4n) is 3.20. The van der Waals surface area contributed by atoms with Crippen molar-refractivity contribution in [2.24, 2.45) is 0 Å². The van der Waals surface area contributed by atoms with Crippen molar-refractivity contribution in [3.05, 3.63) is 82.1 Å². The maximum Gasteiger partial charge on any atom is 0.251 e. The van der Waals surface area contributed by atoms with Crippen LogP contribution in [0.25, 0.3) is 22.4 Å². The molecule has 4 aromatic rings. The summed E-state index contributed by atoms with van der Waals surface area (Å²) in [7, 11) is 0. The summed E-state index contributed by atoms with van der Waals surface area (Å²) in [6, 6.07) is 18.4. The molecule has 8 heteroatoms. The molecule has 6 nitrogen and oxygen atoms in total.